The van der Waals surface area contributed by atoms with Crippen LogP contribution in [0.1, 0.15) is 22.3 Å². The van der Waals surface area contributed by atoms with E-state index in [1.54, 1.807) is 0 Å². The predicted molar refractivity (Wildman–Crippen MR) is 157 cm³/mol. The lowest BCUT2D eigenvalue weighted by Crippen LogP contribution is -2.19. The molecule has 0 unspecified atom stereocenters. The number of fused-ring (bicyclic) bond motifs is 1. The Bertz CT molecular complexity index is 1530. The van der Waals surface area contributed by atoms with Gasteiger partial charge in [0.25, 0.3) is 5.91 Å². The van der Waals surface area contributed by atoms with Crippen molar-refractivity contribution in [3.63, 3.8) is 0 Å². The molecule has 1 amide bonds. The molecule has 1 fully saturated rings. The molecule has 1 aliphatic rings. The average Bonchev–Trinajstić information content (AvgIpc) is 3.20. The van der Waals surface area contributed by atoms with Gasteiger partial charge < -0.3 is 10.1 Å². The summed E-state index contributed by atoms with van der Waals surface area (Å²) >= 11 is 8.54. The standard InChI is InChI=1S/C29H22Br2N2O2S/c1-17-12-22(13-18(2)27(17)31)32-29-33-28(34)26(36-29)15-19-10-11-25(24(30)14-19)35-16-21-8-5-7-20-6-3-4-9-23(20)21/h3-15H,16H2,1-2H3,(H,32,33,34)/b26-15-. The van der Waals surface area contributed by atoms with Crippen LogP contribution in [0.4, 0.5) is 5.69 Å². The fourth-order valence-corrected chi connectivity index (χ4v) is 5.62. The van der Waals surface area contributed by atoms with Crippen molar-refractivity contribution >= 4 is 77.2 Å². The van der Waals surface area contributed by atoms with E-state index in [1.165, 1.54) is 22.5 Å². The van der Waals surface area contributed by atoms with Crippen LogP contribution in [0.15, 0.2) is 91.6 Å². The van der Waals surface area contributed by atoms with Crippen LogP contribution in [0.25, 0.3) is 16.8 Å². The minimum absolute atomic E-state index is 0.156. The summed E-state index contributed by atoms with van der Waals surface area (Å²) in [6, 6.07) is 24.3. The molecular weight excluding hydrogens is 600 g/mol. The van der Waals surface area contributed by atoms with Crippen molar-refractivity contribution in [3.8, 4) is 5.75 Å². The zero-order chi connectivity index (χ0) is 25.2. The molecule has 0 atom stereocenters. The largest absolute Gasteiger partial charge is 0.488 e. The number of benzene rings is 4. The zero-order valence-corrected chi connectivity index (χ0v) is 23.6. The highest BCUT2D eigenvalue weighted by molar-refractivity contribution is 9.10. The SMILES string of the molecule is Cc1cc(N=C2NC(=O)/C(=C/c3ccc(OCc4cccc5ccccc45)c(Br)c3)S2)cc(C)c1Br. The van der Waals surface area contributed by atoms with Gasteiger partial charge in [-0.15, -0.1) is 0 Å². The van der Waals surface area contributed by atoms with Crippen molar-refractivity contribution in [1.82, 2.24) is 5.32 Å². The smallest absolute Gasteiger partial charge is 0.264 e. The van der Waals surface area contributed by atoms with Gasteiger partial charge in [-0.25, -0.2) is 4.99 Å². The Labute approximate surface area is 231 Å². The van der Waals surface area contributed by atoms with E-state index in [2.05, 4.69) is 66.4 Å². The van der Waals surface area contributed by atoms with Crippen molar-refractivity contribution in [2.75, 3.05) is 0 Å². The maximum atomic E-state index is 12.6. The first-order valence-corrected chi connectivity index (χ1v) is 13.7. The Morgan fingerprint density at radius 3 is 2.50 bits per heavy atom. The molecule has 5 rings (SSSR count). The highest BCUT2D eigenvalue weighted by Gasteiger charge is 2.24. The average molecular weight is 622 g/mol. The molecule has 1 N–H and O–H groups in total. The van der Waals surface area contributed by atoms with Gasteiger partial charge in [0.15, 0.2) is 5.17 Å². The lowest BCUT2D eigenvalue weighted by atomic mass is 10.1. The van der Waals surface area contributed by atoms with Crippen LogP contribution in [-0.4, -0.2) is 11.1 Å². The monoisotopic (exact) mass is 620 g/mol. The fraction of sp³-hybridized carbons (Fsp3) is 0.103. The summed E-state index contributed by atoms with van der Waals surface area (Å²) in [6.07, 6.45) is 1.86. The Balaban J connectivity index is 1.30. The molecule has 4 aromatic carbocycles. The first kappa shape index (κ1) is 24.8. The van der Waals surface area contributed by atoms with Gasteiger partial charge in [-0.05, 0) is 105 Å². The maximum absolute atomic E-state index is 12.6. The third kappa shape index (κ3) is 5.43. The molecule has 1 saturated heterocycles. The molecule has 4 nitrogen and oxygen atoms in total. The highest BCUT2D eigenvalue weighted by atomic mass is 79.9. The highest BCUT2D eigenvalue weighted by Crippen LogP contribution is 2.33. The maximum Gasteiger partial charge on any atom is 0.264 e. The van der Waals surface area contributed by atoms with Gasteiger partial charge in [0.1, 0.15) is 12.4 Å². The topological polar surface area (TPSA) is 50.7 Å². The summed E-state index contributed by atoms with van der Waals surface area (Å²) in [5, 5.41) is 5.82. The molecule has 0 saturated carbocycles. The third-order valence-corrected chi connectivity index (χ3v) is 8.60. The lowest BCUT2D eigenvalue weighted by Gasteiger charge is -2.11. The molecule has 180 valence electrons. The quantitative estimate of drug-likeness (QED) is 0.227. The Hall–Kier alpha value is -2.87. The Morgan fingerprint density at radius 2 is 1.72 bits per heavy atom. The van der Waals surface area contributed by atoms with Crippen LogP contribution in [0.2, 0.25) is 0 Å². The number of thioether (sulfide) groups is 1. The number of hydrogen-bond donors (Lipinski definition) is 1. The van der Waals surface area contributed by atoms with Crippen molar-refractivity contribution in [3.05, 3.63) is 109 Å². The Kier molecular flexibility index (Phi) is 7.32. The van der Waals surface area contributed by atoms with Gasteiger partial charge in [0, 0.05) is 4.47 Å². The van der Waals surface area contributed by atoms with Gasteiger partial charge in [-0.1, -0.05) is 64.5 Å². The number of rotatable bonds is 5. The summed E-state index contributed by atoms with van der Waals surface area (Å²) in [6.45, 7) is 4.52. The van der Waals surface area contributed by atoms with Crippen LogP contribution < -0.4 is 10.1 Å². The van der Waals surface area contributed by atoms with Gasteiger partial charge >= 0.3 is 0 Å². The molecule has 0 spiro atoms. The predicted octanol–water partition coefficient (Wildman–Crippen LogP) is 8.45. The van der Waals surface area contributed by atoms with Crippen molar-refractivity contribution in [2.24, 2.45) is 4.99 Å². The number of nitrogens with one attached hydrogen (secondary N) is 1. The molecule has 4 aromatic rings. The second-order valence-electron chi connectivity index (χ2n) is 8.49. The summed E-state index contributed by atoms with van der Waals surface area (Å²) in [5.41, 5.74) is 5.05. The molecule has 1 aliphatic heterocycles. The lowest BCUT2D eigenvalue weighted by molar-refractivity contribution is -0.115. The summed E-state index contributed by atoms with van der Waals surface area (Å²) in [7, 11) is 0. The van der Waals surface area contributed by atoms with Gasteiger partial charge in [-0.2, -0.15) is 0 Å². The number of nitrogens with zero attached hydrogens (tertiary/aromatic N) is 1. The van der Waals surface area contributed by atoms with Crippen molar-refractivity contribution in [2.45, 2.75) is 20.5 Å². The van der Waals surface area contributed by atoms with Crippen molar-refractivity contribution < 1.29 is 9.53 Å². The first-order valence-electron chi connectivity index (χ1n) is 11.3. The molecule has 0 bridgehead atoms. The van der Waals surface area contributed by atoms with Gasteiger partial charge in [-0.3, -0.25) is 4.79 Å². The minimum atomic E-state index is -0.156. The molecular formula is C29H22Br2N2O2S. The third-order valence-electron chi connectivity index (χ3n) is 5.82. The van der Waals surface area contributed by atoms with E-state index in [9.17, 15) is 4.79 Å². The molecule has 36 heavy (non-hydrogen) atoms. The van der Waals surface area contributed by atoms with E-state index in [-0.39, 0.29) is 5.91 Å². The molecule has 1 heterocycles. The minimum Gasteiger partial charge on any atom is -0.488 e. The van der Waals surface area contributed by atoms with Crippen LogP contribution in [-0.2, 0) is 11.4 Å². The van der Waals surface area contributed by atoms with E-state index in [4.69, 9.17) is 4.74 Å². The number of amides is 1. The van der Waals surface area contributed by atoms with Gasteiger partial charge in [0.2, 0.25) is 0 Å². The zero-order valence-electron chi connectivity index (χ0n) is 19.6. The fourth-order valence-electron chi connectivity index (χ4n) is 4.03. The van der Waals surface area contributed by atoms with E-state index in [1.807, 2.05) is 68.5 Å². The van der Waals surface area contributed by atoms with Crippen LogP contribution in [0.3, 0.4) is 0 Å². The van der Waals surface area contributed by atoms with E-state index >= 15 is 0 Å². The van der Waals surface area contributed by atoms with Crippen LogP contribution in [0.5, 0.6) is 5.75 Å². The number of hydrogen-bond acceptors (Lipinski definition) is 4. The molecule has 7 heteroatoms. The normalized spacial score (nSPS) is 15.6. The van der Waals surface area contributed by atoms with E-state index in [0.717, 1.165) is 42.6 Å². The first-order chi connectivity index (χ1) is 17.4. The number of aliphatic imine (C=N–C) groups is 1. The molecule has 0 radical (unpaired) electrons. The number of carbonyl (C=O) groups is 1. The molecule has 0 aliphatic carbocycles. The number of ether oxygens (including phenoxy) is 1. The van der Waals surface area contributed by atoms with Crippen LogP contribution in [0, 0.1) is 13.8 Å². The summed E-state index contributed by atoms with van der Waals surface area (Å²) < 4.78 is 8.02. The number of amidine groups is 1. The van der Waals surface area contributed by atoms with Crippen molar-refractivity contribution in [1.29, 1.82) is 0 Å². The summed E-state index contributed by atoms with van der Waals surface area (Å²) in [4.78, 5) is 17.8. The van der Waals surface area contributed by atoms with Gasteiger partial charge in [0.05, 0.1) is 15.1 Å². The Morgan fingerprint density at radius 1 is 0.972 bits per heavy atom. The molecule has 0 aromatic heterocycles. The number of carbonyl (C=O) groups excluding carboxylic acids is 1. The second kappa shape index (κ2) is 10.6. The van der Waals surface area contributed by atoms with E-state index in [0.29, 0.717) is 16.7 Å². The van der Waals surface area contributed by atoms with E-state index < -0.39 is 0 Å². The number of aryl methyl sites for hydroxylation is 2. The van der Waals surface area contributed by atoms with Crippen LogP contribution >= 0.6 is 43.6 Å². The summed E-state index contributed by atoms with van der Waals surface area (Å²) in [5.74, 6) is 0.591. The second-order valence-corrected chi connectivity index (χ2v) is 11.2. The number of halogens is 2.